The Morgan fingerprint density at radius 1 is 1.44 bits per heavy atom. The molecule has 0 spiro atoms. The lowest BCUT2D eigenvalue weighted by molar-refractivity contribution is 0.149. The Balaban J connectivity index is 1.90. The van der Waals surface area contributed by atoms with Crippen molar-refractivity contribution < 1.29 is 13.6 Å². The van der Waals surface area contributed by atoms with Crippen LogP contribution in [0.1, 0.15) is 0 Å². The molecule has 1 fully saturated rings. The van der Waals surface area contributed by atoms with Crippen molar-refractivity contribution in [2.24, 2.45) is 0 Å². The van der Waals surface area contributed by atoms with Gasteiger partial charge in [0.15, 0.2) is 11.1 Å². The largest absolute Gasteiger partial charge is 0.344 e. The number of hydrogen-bond donors (Lipinski definition) is 1. The lowest BCUT2D eigenvalue weighted by Crippen LogP contribution is -2.50. The van der Waals surface area contributed by atoms with Crippen LogP contribution in [0.3, 0.4) is 0 Å². The average molecular weight is 293 g/mol. The van der Waals surface area contributed by atoms with Gasteiger partial charge in [-0.25, -0.2) is 9.00 Å². The zero-order chi connectivity index (χ0) is 13.1. The molecule has 18 heavy (non-hydrogen) atoms. The fourth-order valence-electron chi connectivity index (χ4n) is 1.77. The van der Waals surface area contributed by atoms with Gasteiger partial charge in [-0.15, -0.1) is 0 Å². The van der Waals surface area contributed by atoms with Crippen LogP contribution < -0.4 is 0 Å². The van der Waals surface area contributed by atoms with Gasteiger partial charge in [-0.05, 0) is 0 Å². The molecular formula is C9H13ClN4O3S. The van der Waals surface area contributed by atoms with E-state index in [2.05, 4.69) is 5.10 Å². The Morgan fingerprint density at radius 3 is 2.61 bits per heavy atom. The molecule has 1 amide bonds. The van der Waals surface area contributed by atoms with Crippen LogP contribution in [0.25, 0.3) is 0 Å². The minimum atomic E-state index is -1.83. The molecule has 0 bridgehead atoms. The van der Waals surface area contributed by atoms with Gasteiger partial charge < -0.3 is 9.45 Å². The third-order valence-electron chi connectivity index (χ3n) is 2.68. The fraction of sp³-hybridized carbons (Fsp3) is 0.556. The molecule has 0 saturated carbocycles. The maximum absolute atomic E-state index is 12.0. The van der Waals surface area contributed by atoms with E-state index in [1.807, 2.05) is 4.90 Å². The second-order valence-corrected chi connectivity index (χ2v) is 5.28. The van der Waals surface area contributed by atoms with Crippen LogP contribution in [0.15, 0.2) is 12.4 Å². The molecule has 2 rings (SSSR count). The summed E-state index contributed by atoms with van der Waals surface area (Å²) in [6.45, 7) is 2.17. The molecule has 1 aromatic heterocycles. The van der Waals surface area contributed by atoms with E-state index >= 15 is 0 Å². The lowest BCUT2D eigenvalue weighted by Gasteiger charge is -2.33. The van der Waals surface area contributed by atoms with E-state index in [9.17, 15) is 9.00 Å². The van der Waals surface area contributed by atoms with E-state index in [1.54, 1.807) is 4.90 Å². The zero-order valence-electron chi connectivity index (χ0n) is 9.53. The van der Waals surface area contributed by atoms with Gasteiger partial charge in [0.05, 0.1) is 17.4 Å². The van der Waals surface area contributed by atoms with Gasteiger partial charge in [0, 0.05) is 26.2 Å². The van der Waals surface area contributed by atoms with E-state index in [0.717, 1.165) is 0 Å². The van der Waals surface area contributed by atoms with Crippen molar-refractivity contribution in [3.8, 4) is 0 Å². The van der Waals surface area contributed by atoms with Crippen molar-refractivity contribution in [2.45, 2.75) is 0 Å². The van der Waals surface area contributed by atoms with Crippen LogP contribution in [0.2, 0.25) is 5.02 Å². The van der Waals surface area contributed by atoms with E-state index in [-0.39, 0.29) is 11.9 Å². The Labute approximate surface area is 112 Å². The number of amides is 1. The van der Waals surface area contributed by atoms with Gasteiger partial charge in [-0.1, -0.05) is 11.6 Å². The van der Waals surface area contributed by atoms with Gasteiger partial charge in [-0.3, -0.25) is 4.90 Å². The first-order chi connectivity index (χ1) is 8.56. The van der Waals surface area contributed by atoms with Crippen LogP contribution in [-0.2, 0) is 11.1 Å². The molecule has 1 aliphatic rings. The molecule has 0 aromatic carbocycles. The summed E-state index contributed by atoms with van der Waals surface area (Å²) in [5.74, 6) is 0.121. The number of rotatable bonds is 2. The molecule has 1 unspecified atom stereocenters. The van der Waals surface area contributed by atoms with Crippen molar-refractivity contribution in [1.82, 2.24) is 19.6 Å². The summed E-state index contributed by atoms with van der Waals surface area (Å²) in [7, 11) is 0. The van der Waals surface area contributed by atoms with Crippen LogP contribution in [0, 0.1) is 0 Å². The highest BCUT2D eigenvalue weighted by atomic mass is 35.5. The first-order valence-electron chi connectivity index (χ1n) is 5.35. The molecular weight excluding hydrogens is 280 g/mol. The molecule has 1 atom stereocenters. The Hall–Kier alpha value is -0.960. The third kappa shape index (κ3) is 3.29. The molecule has 1 aromatic rings. The maximum atomic E-state index is 12.0. The first-order valence-corrected chi connectivity index (χ1v) is 7.01. The fourth-order valence-corrected chi connectivity index (χ4v) is 2.48. The van der Waals surface area contributed by atoms with Gasteiger partial charge in [0.2, 0.25) is 0 Å². The minimum absolute atomic E-state index is 0.121. The average Bonchev–Trinajstić information content (AvgIpc) is 2.75. The lowest BCUT2D eigenvalue weighted by atomic mass is 10.3. The Kier molecular flexibility index (Phi) is 4.33. The van der Waals surface area contributed by atoms with E-state index in [1.165, 1.54) is 17.1 Å². The summed E-state index contributed by atoms with van der Waals surface area (Å²) >= 11 is 3.87. The molecule has 1 saturated heterocycles. The van der Waals surface area contributed by atoms with Crippen molar-refractivity contribution in [2.75, 3.05) is 32.1 Å². The monoisotopic (exact) mass is 292 g/mol. The molecule has 0 aliphatic carbocycles. The SMILES string of the molecule is O=C(N1CCN(CS(=O)O)CC1)n1cc(Cl)cn1. The summed E-state index contributed by atoms with van der Waals surface area (Å²) in [6, 6.07) is -0.230. The maximum Gasteiger partial charge on any atom is 0.344 e. The third-order valence-corrected chi connectivity index (χ3v) is 3.46. The van der Waals surface area contributed by atoms with Crippen LogP contribution in [-0.4, -0.2) is 66.4 Å². The molecule has 1 N–H and O–H groups in total. The predicted octanol–water partition coefficient (Wildman–Crippen LogP) is 0.301. The molecule has 0 radical (unpaired) electrons. The van der Waals surface area contributed by atoms with E-state index in [4.69, 9.17) is 16.2 Å². The van der Waals surface area contributed by atoms with E-state index in [0.29, 0.717) is 31.2 Å². The van der Waals surface area contributed by atoms with Crippen molar-refractivity contribution in [3.05, 3.63) is 17.4 Å². The molecule has 9 heteroatoms. The summed E-state index contributed by atoms with van der Waals surface area (Å²) in [4.78, 5) is 15.5. The predicted molar refractivity (Wildman–Crippen MR) is 66.8 cm³/mol. The normalized spacial score (nSPS) is 18.9. The number of carbonyl (C=O) groups is 1. The number of carbonyl (C=O) groups excluding carboxylic acids is 1. The quantitative estimate of drug-likeness (QED) is 0.793. The van der Waals surface area contributed by atoms with Gasteiger partial charge in [0.1, 0.15) is 5.88 Å². The van der Waals surface area contributed by atoms with Crippen LogP contribution >= 0.6 is 11.6 Å². The summed E-state index contributed by atoms with van der Waals surface area (Å²) in [6.07, 6.45) is 2.86. The second-order valence-electron chi connectivity index (χ2n) is 3.94. The highest BCUT2D eigenvalue weighted by Crippen LogP contribution is 2.08. The first kappa shape index (κ1) is 13.5. The second kappa shape index (κ2) is 5.79. The number of hydrogen-bond acceptors (Lipinski definition) is 4. The number of nitrogens with zero attached hydrogens (tertiary/aromatic N) is 4. The van der Waals surface area contributed by atoms with E-state index < -0.39 is 11.1 Å². The molecule has 7 nitrogen and oxygen atoms in total. The topological polar surface area (TPSA) is 78.7 Å². The Bertz CT molecular complexity index is 458. The van der Waals surface area contributed by atoms with Crippen molar-refractivity contribution in [1.29, 1.82) is 0 Å². The number of halogens is 1. The number of piperazine rings is 1. The summed E-state index contributed by atoms with van der Waals surface area (Å²) < 4.78 is 20.6. The smallest absolute Gasteiger partial charge is 0.320 e. The van der Waals surface area contributed by atoms with Crippen molar-refractivity contribution >= 4 is 28.7 Å². The highest BCUT2D eigenvalue weighted by molar-refractivity contribution is 7.79. The molecule has 2 heterocycles. The van der Waals surface area contributed by atoms with Crippen LogP contribution in [0.4, 0.5) is 4.79 Å². The summed E-state index contributed by atoms with van der Waals surface area (Å²) in [5, 5.41) is 4.26. The molecule has 1 aliphatic heterocycles. The minimum Gasteiger partial charge on any atom is -0.320 e. The summed E-state index contributed by atoms with van der Waals surface area (Å²) in [5.41, 5.74) is 0. The van der Waals surface area contributed by atoms with Gasteiger partial charge in [0.25, 0.3) is 0 Å². The zero-order valence-corrected chi connectivity index (χ0v) is 11.1. The number of aromatic nitrogens is 2. The molecule has 100 valence electrons. The van der Waals surface area contributed by atoms with Gasteiger partial charge >= 0.3 is 6.03 Å². The standard InChI is InChI=1S/C9H13ClN4O3S/c10-8-5-11-14(6-8)9(15)13-3-1-12(2-4-13)7-18(16)17/h5-6H,1-4,7H2,(H,16,17). The Morgan fingerprint density at radius 2 is 2.11 bits per heavy atom. The van der Waals surface area contributed by atoms with Crippen molar-refractivity contribution in [3.63, 3.8) is 0 Å². The van der Waals surface area contributed by atoms with Crippen LogP contribution in [0.5, 0.6) is 0 Å². The van der Waals surface area contributed by atoms with Gasteiger partial charge in [-0.2, -0.15) is 9.78 Å². The highest BCUT2D eigenvalue weighted by Gasteiger charge is 2.23.